The van der Waals surface area contributed by atoms with Gasteiger partial charge in [0.1, 0.15) is 0 Å². The number of halogens is 1. The molecule has 0 spiro atoms. The highest BCUT2D eigenvalue weighted by molar-refractivity contribution is 8.12. The van der Waals surface area contributed by atoms with Gasteiger partial charge in [-0.05, 0) is 0 Å². The first-order valence-corrected chi connectivity index (χ1v) is 1.33. The van der Waals surface area contributed by atoms with E-state index in [0.29, 0.717) is 7.45 Å². The second kappa shape index (κ2) is 3.41. The third kappa shape index (κ3) is 2.41. The highest BCUT2D eigenvalue weighted by Crippen LogP contribution is 1.59. The van der Waals surface area contributed by atoms with E-state index in [2.05, 4.69) is 12.5 Å². The lowest BCUT2D eigenvalue weighted by Crippen LogP contribution is -1.81. The molecule has 0 aliphatic rings. The van der Waals surface area contributed by atoms with Gasteiger partial charge in [-0.3, -0.25) is 0 Å². The molecule has 0 amide bonds. The summed E-state index contributed by atoms with van der Waals surface area (Å²) < 4.78 is 10.5. The van der Waals surface area contributed by atoms with Gasteiger partial charge in [-0.15, -0.1) is 0 Å². The van der Waals surface area contributed by atoms with E-state index >= 15 is 0 Å². The molecule has 2 radical (unpaired) electrons. The van der Waals surface area contributed by atoms with Crippen LogP contribution < -0.4 is 0 Å². The van der Waals surface area contributed by atoms with Crippen LogP contribution in [-0.2, 0) is 0 Å². The summed E-state index contributed by atoms with van der Waals surface area (Å²) in [7, 11) is 0.364. The molecule has 0 aromatic rings. The van der Waals surface area contributed by atoms with Crippen molar-refractivity contribution >= 4 is 26.4 Å². The molecule has 0 aromatic heterocycles. The summed E-state index contributed by atoms with van der Waals surface area (Å²) >= 11 is 3.36. The molecule has 4 heteroatoms. The molecule has 0 aromatic carbocycles. The molecule has 4 heavy (non-hydrogen) atoms. The van der Waals surface area contributed by atoms with Crippen molar-refractivity contribution in [2.75, 3.05) is 0 Å². The third-order valence-corrected chi connectivity index (χ3v) is 0.169. The van der Waals surface area contributed by atoms with E-state index in [1.807, 2.05) is 0 Å². The first kappa shape index (κ1) is 4.41. The molecule has 0 heterocycles. The van der Waals surface area contributed by atoms with Crippen molar-refractivity contribution < 1.29 is 4.32 Å². The zero-order chi connectivity index (χ0) is 3.41. The van der Waals surface area contributed by atoms with Gasteiger partial charge >= 0.3 is 7.45 Å². The molecule has 0 saturated carbocycles. The van der Waals surface area contributed by atoms with E-state index in [4.69, 9.17) is 0 Å². The Morgan fingerprint density at radius 1 is 1.75 bits per heavy atom. The average molecular weight is 73.7 g/mol. The molecule has 0 saturated heterocycles. The Balaban J connectivity index is 1.97. The number of rotatable bonds is 1. The van der Waals surface area contributed by atoms with E-state index in [0.717, 1.165) is 6.45 Å². The fourth-order valence-electron chi connectivity index (χ4n) is 0. The van der Waals surface area contributed by atoms with Gasteiger partial charge in [0.15, 0.2) is 6.45 Å². The van der Waals surface area contributed by atoms with Crippen LogP contribution in [0.5, 0.6) is 0 Å². The number of hydrogen-bond acceptors (Lipinski definition) is 1. The normalized spacial score (nSPS) is 5.50. The topological polar surface area (TPSA) is 0 Å². The van der Waals surface area contributed by atoms with Gasteiger partial charge < -0.3 is 4.32 Å². The van der Waals surface area contributed by atoms with Crippen molar-refractivity contribution in [2.45, 2.75) is 0 Å². The van der Waals surface area contributed by atoms with Crippen molar-refractivity contribution in [1.82, 2.24) is 0 Å². The molecule has 0 aliphatic heterocycles. The Labute approximate surface area is 31.6 Å². The minimum atomic E-state index is 0.364. The van der Waals surface area contributed by atoms with Crippen LogP contribution in [0.3, 0.4) is 0 Å². The van der Waals surface area contributed by atoms with Gasteiger partial charge in [0.05, 0.1) is 0 Å². The van der Waals surface area contributed by atoms with Crippen molar-refractivity contribution in [1.29, 1.82) is 0 Å². The monoisotopic (exact) mass is 74.0 g/mol. The third-order valence-electron chi connectivity index (χ3n) is 0.0563. The van der Waals surface area contributed by atoms with Crippen LogP contribution in [0.1, 0.15) is 0 Å². The van der Waals surface area contributed by atoms with Crippen molar-refractivity contribution in [3.05, 3.63) is 0 Å². The van der Waals surface area contributed by atoms with Crippen LogP contribution in [0.2, 0.25) is 0 Å². The Bertz CT molecular complexity index is 8.00. The fraction of sp³-hybridized carbons (Fsp3) is 0. The quantitative estimate of drug-likeness (QED) is 0.329. The molecule has 0 N–H and O–H groups in total. The molecule has 0 atom stereocenters. The van der Waals surface area contributed by atoms with Crippen LogP contribution >= 0.6 is 12.5 Å². The summed E-state index contributed by atoms with van der Waals surface area (Å²) in [6, 6.07) is 0. The Kier molecular flexibility index (Phi) is 3.76. The Morgan fingerprint density at radius 2 is 2.00 bits per heavy atom. The second-order valence-electron chi connectivity index (χ2n) is 0.275. The van der Waals surface area contributed by atoms with E-state index in [9.17, 15) is 4.32 Å². The summed E-state index contributed by atoms with van der Waals surface area (Å²) in [6.07, 6.45) is 1.03. The Morgan fingerprint density at radius 3 is 2.00 bits per heavy atom. The summed E-state index contributed by atoms with van der Waals surface area (Å²) in [6.45, 7) is 0. The molecule has 0 fully saturated rings. The van der Waals surface area contributed by atoms with Crippen LogP contribution in [0.4, 0.5) is 4.32 Å². The van der Waals surface area contributed by atoms with Crippen molar-refractivity contribution in [2.24, 2.45) is 0 Å². The van der Waals surface area contributed by atoms with Gasteiger partial charge in [-0.2, -0.15) is 0 Å². The predicted molar refractivity (Wildman–Crippen MR) is 21.6 cm³/mol. The van der Waals surface area contributed by atoms with Gasteiger partial charge in [0.25, 0.3) is 0 Å². The lowest BCUT2D eigenvalue weighted by molar-refractivity contribution is 0.893. The van der Waals surface area contributed by atoms with Crippen LogP contribution in [-0.4, -0.2) is 13.9 Å². The van der Waals surface area contributed by atoms with Crippen LogP contribution in [0, 0.1) is 0 Å². The summed E-state index contributed by atoms with van der Waals surface area (Å²) in [5.41, 5.74) is 0. The summed E-state index contributed by atoms with van der Waals surface area (Å²) in [5, 5.41) is 0. The SMILES string of the molecule is F[B][B]S. The predicted octanol–water partition coefficient (Wildman–Crippen LogP) is 0.0391. The van der Waals surface area contributed by atoms with E-state index in [1.165, 1.54) is 0 Å². The van der Waals surface area contributed by atoms with Gasteiger partial charge in [0, 0.05) is 0 Å². The minimum absolute atomic E-state index is 0.364. The maximum absolute atomic E-state index is 10.5. The van der Waals surface area contributed by atoms with Gasteiger partial charge in [-0.1, -0.05) is 0 Å². The van der Waals surface area contributed by atoms with E-state index in [-0.39, 0.29) is 0 Å². The fourth-order valence-corrected chi connectivity index (χ4v) is 0. The van der Waals surface area contributed by atoms with Gasteiger partial charge in [-0.25, -0.2) is 12.5 Å². The van der Waals surface area contributed by atoms with Crippen LogP contribution in [0.25, 0.3) is 0 Å². The smallest absolute Gasteiger partial charge is 0.316 e. The molecule has 0 unspecified atom stereocenters. The number of hydrogen-bond donors (Lipinski definition) is 1. The van der Waals surface area contributed by atoms with Gasteiger partial charge in [0.2, 0.25) is 0 Å². The maximum atomic E-state index is 10.5. The highest BCUT2D eigenvalue weighted by atomic mass is 32.1. The lowest BCUT2D eigenvalue weighted by Gasteiger charge is -1.55. The first-order chi connectivity index (χ1) is 1.91. The zero-order valence-corrected chi connectivity index (χ0v) is 2.87. The molecule has 20 valence electrons. The van der Waals surface area contributed by atoms with Crippen molar-refractivity contribution in [3.8, 4) is 0 Å². The zero-order valence-electron chi connectivity index (χ0n) is 1.98. The highest BCUT2D eigenvalue weighted by Gasteiger charge is 1.75. The van der Waals surface area contributed by atoms with Crippen LogP contribution in [0.15, 0.2) is 0 Å². The molecule has 0 nitrogen and oxygen atoms in total. The molecular formula is HB2FS. The average Bonchev–Trinajstić information content (AvgIpc) is 1.37. The molecular weight excluding hydrogens is 72.7 g/mol. The molecule has 0 rings (SSSR count). The number of thiol groups is 1. The van der Waals surface area contributed by atoms with E-state index in [1.54, 1.807) is 0 Å². The second-order valence-corrected chi connectivity index (χ2v) is 0.573. The Hall–Kier alpha value is 0.410. The molecule has 0 aliphatic carbocycles. The first-order valence-electron chi connectivity index (χ1n) is 0.810. The standard InChI is InChI=1S/B2FHS/c3-1-2-4/h4H. The van der Waals surface area contributed by atoms with Crippen molar-refractivity contribution in [3.63, 3.8) is 0 Å². The lowest BCUT2D eigenvalue weighted by atomic mass is 9.74. The van der Waals surface area contributed by atoms with E-state index < -0.39 is 0 Å². The largest absolute Gasteiger partial charge is 0.353 e. The summed E-state index contributed by atoms with van der Waals surface area (Å²) in [4.78, 5) is 0. The minimum Gasteiger partial charge on any atom is -0.353 e. The molecule has 0 bridgehead atoms. The maximum Gasteiger partial charge on any atom is 0.316 e. The summed E-state index contributed by atoms with van der Waals surface area (Å²) in [5.74, 6) is 0.